The van der Waals surface area contributed by atoms with Gasteiger partial charge in [-0.2, -0.15) is 0 Å². The first kappa shape index (κ1) is 15.9. The highest BCUT2D eigenvalue weighted by atomic mass is 16.5. The van der Waals surface area contributed by atoms with Gasteiger partial charge in [0.2, 0.25) is 0 Å². The van der Waals surface area contributed by atoms with Crippen molar-refractivity contribution in [3.05, 3.63) is 78.3 Å². The molecule has 1 heterocycles. The first-order valence-electron chi connectivity index (χ1n) is 7.84. The van der Waals surface area contributed by atoms with E-state index in [2.05, 4.69) is 5.32 Å². The molecule has 0 fully saturated rings. The van der Waals surface area contributed by atoms with Gasteiger partial charge in [-0.3, -0.25) is 4.79 Å². The number of benzene rings is 2. The molecule has 1 N–H and O–H groups in total. The van der Waals surface area contributed by atoms with Crippen LogP contribution in [-0.2, 0) is 0 Å². The van der Waals surface area contributed by atoms with Crippen LogP contribution in [0.2, 0.25) is 0 Å². The smallest absolute Gasteiger partial charge is 0.287 e. The Labute approximate surface area is 141 Å². The van der Waals surface area contributed by atoms with Crippen LogP contribution in [0.15, 0.2) is 71.3 Å². The third kappa shape index (κ3) is 3.84. The van der Waals surface area contributed by atoms with Crippen molar-refractivity contribution in [1.29, 1.82) is 0 Å². The van der Waals surface area contributed by atoms with E-state index >= 15 is 0 Å². The molecule has 122 valence electrons. The Morgan fingerprint density at radius 1 is 1.08 bits per heavy atom. The van der Waals surface area contributed by atoms with Crippen molar-refractivity contribution < 1.29 is 13.9 Å². The molecule has 0 aliphatic carbocycles. The zero-order valence-electron chi connectivity index (χ0n) is 13.5. The summed E-state index contributed by atoms with van der Waals surface area (Å²) >= 11 is 0. The maximum atomic E-state index is 12.3. The van der Waals surface area contributed by atoms with Crippen LogP contribution >= 0.6 is 0 Å². The predicted molar refractivity (Wildman–Crippen MR) is 93.2 cm³/mol. The number of ether oxygens (including phenoxy) is 1. The lowest BCUT2D eigenvalue weighted by atomic mass is 10.1. The average Bonchev–Trinajstić information content (AvgIpc) is 3.09. The first-order chi connectivity index (χ1) is 11.7. The summed E-state index contributed by atoms with van der Waals surface area (Å²) in [5.41, 5.74) is 2.87. The molecule has 4 heteroatoms. The zero-order valence-corrected chi connectivity index (χ0v) is 13.5. The van der Waals surface area contributed by atoms with Crippen molar-refractivity contribution in [2.75, 3.05) is 13.2 Å². The summed E-state index contributed by atoms with van der Waals surface area (Å²) in [7, 11) is 0. The summed E-state index contributed by atoms with van der Waals surface area (Å²) in [6.45, 7) is 2.81. The second-order valence-electron chi connectivity index (χ2n) is 5.45. The van der Waals surface area contributed by atoms with E-state index in [1.54, 1.807) is 6.07 Å². The Morgan fingerprint density at radius 3 is 2.71 bits per heavy atom. The molecule has 1 amide bonds. The molecule has 0 radical (unpaired) electrons. The number of amides is 1. The van der Waals surface area contributed by atoms with Crippen molar-refractivity contribution in [2.24, 2.45) is 0 Å². The Balaban J connectivity index is 1.56. The third-order valence-corrected chi connectivity index (χ3v) is 3.60. The Kier molecular flexibility index (Phi) is 4.96. The standard InChI is InChI=1S/C20H19NO3/c1-15-6-5-9-17(14-15)23-13-11-21-20(22)19-18(10-12-24-19)16-7-3-2-4-8-16/h2-10,12,14H,11,13H2,1H3,(H,21,22). The number of furan rings is 1. The molecule has 0 spiro atoms. The number of rotatable bonds is 6. The summed E-state index contributed by atoms with van der Waals surface area (Å²) in [6.07, 6.45) is 1.53. The molecule has 0 aliphatic heterocycles. The molecule has 0 aliphatic rings. The second kappa shape index (κ2) is 7.51. The van der Waals surface area contributed by atoms with Gasteiger partial charge in [-0.05, 0) is 36.2 Å². The van der Waals surface area contributed by atoms with Crippen molar-refractivity contribution in [3.8, 4) is 16.9 Å². The van der Waals surface area contributed by atoms with Crippen molar-refractivity contribution in [3.63, 3.8) is 0 Å². The van der Waals surface area contributed by atoms with Crippen LogP contribution in [0, 0.1) is 6.92 Å². The molecule has 2 aromatic carbocycles. The van der Waals surface area contributed by atoms with E-state index in [1.165, 1.54) is 6.26 Å². The van der Waals surface area contributed by atoms with E-state index in [0.29, 0.717) is 18.9 Å². The quantitative estimate of drug-likeness (QED) is 0.696. The van der Waals surface area contributed by atoms with E-state index < -0.39 is 0 Å². The fourth-order valence-electron chi connectivity index (χ4n) is 2.45. The lowest BCUT2D eigenvalue weighted by Gasteiger charge is -2.08. The number of carbonyl (C=O) groups is 1. The lowest BCUT2D eigenvalue weighted by molar-refractivity contribution is 0.0920. The fourth-order valence-corrected chi connectivity index (χ4v) is 2.45. The molecule has 0 bridgehead atoms. The molecule has 0 saturated carbocycles. The Bertz CT molecular complexity index is 809. The highest BCUT2D eigenvalue weighted by molar-refractivity contribution is 5.98. The topological polar surface area (TPSA) is 51.5 Å². The molecule has 0 saturated heterocycles. The minimum Gasteiger partial charge on any atom is -0.492 e. The van der Waals surface area contributed by atoms with Gasteiger partial charge in [-0.1, -0.05) is 42.5 Å². The molecule has 0 atom stereocenters. The van der Waals surface area contributed by atoms with Crippen LogP contribution in [0.4, 0.5) is 0 Å². The highest BCUT2D eigenvalue weighted by Gasteiger charge is 2.16. The van der Waals surface area contributed by atoms with Crippen LogP contribution in [-0.4, -0.2) is 19.1 Å². The minimum atomic E-state index is -0.244. The SMILES string of the molecule is Cc1cccc(OCCNC(=O)c2occc2-c2ccccc2)c1. The van der Waals surface area contributed by atoms with Gasteiger partial charge in [-0.25, -0.2) is 0 Å². The molecule has 4 nitrogen and oxygen atoms in total. The van der Waals surface area contributed by atoms with Crippen LogP contribution in [0.25, 0.3) is 11.1 Å². The van der Waals surface area contributed by atoms with Crippen LogP contribution in [0.3, 0.4) is 0 Å². The van der Waals surface area contributed by atoms with Gasteiger partial charge in [0.15, 0.2) is 5.76 Å². The summed E-state index contributed by atoms with van der Waals surface area (Å²) in [4.78, 5) is 12.3. The predicted octanol–water partition coefficient (Wildman–Crippen LogP) is 4.06. The van der Waals surface area contributed by atoms with Crippen LogP contribution in [0.1, 0.15) is 16.1 Å². The van der Waals surface area contributed by atoms with Gasteiger partial charge in [0.05, 0.1) is 12.8 Å². The normalized spacial score (nSPS) is 10.4. The number of hydrogen-bond donors (Lipinski definition) is 1. The van der Waals surface area contributed by atoms with Crippen molar-refractivity contribution >= 4 is 5.91 Å². The Hall–Kier alpha value is -3.01. The molecular formula is C20H19NO3. The van der Waals surface area contributed by atoms with E-state index in [1.807, 2.05) is 61.5 Å². The van der Waals surface area contributed by atoms with Crippen LogP contribution < -0.4 is 10.1 Å². The third-order valence-electron chi connectivity index (χ3n) is 3.60. The van der Waals surface area contributed by atoms with E-state index in [-0.39, 0.29) is 5.91 Å². The molecule has 3 rings (SSSR count). The number of aryl methyl sites for hydroxylation is 1. The average molecular weight is 321 g/mol. The fraction of sp³-hybridized carbons (Fsp3) is 0.150. The number of nitrogens with one attached hydrogen (secondary N) is 1. The molecular weight excluding hydrogens is 302 g/mol. The maximum Gasteiger partial charge on any atom is 0.287 e. The van der Waals surface area contributed by atoms with Gasteiger partial charge >= 0.3 is 0 Å². The van der Waals surface area contributed by atoms with Crippen molar-refractivity contribution in [1.82, 2.24) is 5.32 Å². The second-order valence-corrected chi connectivity index (χ2v) is 5.45. The molecule has 24 heavy (non-hydrogen) atoms. The zero-order chi connectivity index (χ0) is 16.8. The summed E-state index contributed by atoms with van der Waals surface area (Å²) < 4.78 is 11.0. The highest BCUT2D eigenvalue weighted by Crippen LogP contribution is 2.24. The van der Waals surface area contributed by atoms with Crippen LogP contribution in [0.5, 0.6) is 5.75 Å². The van der Waals surface area contributed by atoms with Gasteiger partial charge in [-0.15, -0.1) is 0 Å². The maximum absolute atomic E-state index is 12.3. The van der Waals surface area contributed by atoms with E-state index in [9.17, 15) is 4.79 Å². The summed E-state index contributed by atoms with van der Waals surface area (Å²) in [5.74, 6) is 0.871. The summed E-state index contributed by atoms with van der Waals surface area (Å²) in [6, 6.07) is 19.3. The molecule has 3 aromatic rings. The largest absolute Gasteiger partial charge is 0.492 e. The van der Waals surface area contributed by atoms with Crippen molar-refractivity contribution in [2.45, 2.75) is 6.92 Å². The van der Waals surface area contributed by atoms with Gasteiger partial charge in [0, 0.05) is 5.56 Å². The van der Waals surface area contributed by atoms with E-state index in [4.69, 9.17) is 9.15 Å². The molecule has 0 unspecified atom stereocenters. The van der Waals surface area contributed by atoms with Gasteiger partial charge < -0.3 is 14.5 Å². The van der Waals surface area contributed by atoms with E-state index in [0.717, 1.165) is 22.4 Å². The van der Waals surface area contributed by atoms with Gasteiger partial charge in [0.1, 0.15) is 12.4 Å². The first-order valence-corrected chi connectivity index (χ1v) is 7.84. The number of hydrogen-bond acceptors (Lipinski definition) is 3. The summed E-state index contributed by atoms with van der Waals surface area (Å²) in [5, 5.41) is 2.82. The monoisotopic (exact) mass is 321 g/mol. The molecule has 1 aromatic heterocycles. The lowest BCUT2D eigenvalue weighted by Crippen LogP contribution is -2.28. The number of carbonyl (C=O) groups excluding carboxylic acids is 1. The Morgan fingerprint density at radius 2 is 1.92 bits per heavy atom. The minimum absolute atomic E-state index is 0.244. The van der Waals surface area contributed by atoms with Gasteiger partial charge in [0.25, 0.3) is 5.91 Å².